The lowest BCUT2D eigenvalue weighted by Crippen LogP contribution is -1.36. The maximum absolute atomic E-state index is 4.79. The molecule has 3 heteroatoms. The first-order chi connectivity index (χ1) is 1.41. The van der Waals surface area contributed by atoms with Gasteiger partial charge in [-0.05, 0) is 0 Å². The van der Waals surface area contributed by atoms with E-state index in [1.165, 1.54) is 0 Å². The van der Waals surface area contributed by atoms with E-state index < -0.39 is 0 Å². The minimum atomic E-state index is 0. The summed E-state index contributed by atoms with van der Waals surface area (Å²) in [7, 11) is 0.0278. The average Bonchev–Trinajstić information content (AvgIpc) is 0.918. The lowest BCUT2D eigenvalue weighted by atomic mass is 12.0. The smallest absolute Gasteiger partial charge is 0.148 e. The zero-order valence-electron chi connectivity index (χ0n) is 1.26. The molecular weight excluding hydrogens is 123 g/mol. The molecule has 0 atom stereocenters. The molecule has 34 valence electrons. The Morgan fingerprint density at radius 2 is 1.00 bits per heavy atom. The summed E-state index contributed by atoms with van der Waals surface area (Å²) >= 11 is 9.58. The van der Waals surface area contributed by atoms with Gasteiger partial charge in [0, 0.05) is 0 Å². The third-order valence-corrected chi connectivity index (χ3v) is 0. The van der Waals surface area contributed by atoms with Crippen molar-refractivity contribution < 1.29 is 0 Å². The lowest BCUT2D eigenvalue weighted by molar-refractivity contribution is 2.50. The maximum Gasteiger partial charge on any atom is 0.295 e. The first-order valence-electron chi connectivity index (χ1n) is 0.378. The van der Waals surface area contributed by atoms with Gasteiger partial charge in [-0.25, -0.2) is 0 Å². The van der Waals surface area contributed by atoms with Crippen LogP contribution in [0.15, 0.2) is 0 Å². The molecule has 0 aromatic heterocycles. The molecule has 0 saturated carbocycles. The molecule has 0 nitrogen and oxygen atoms in total. The fourth-order valence-corrected chi connectivity index (χ4v) is 0. The topological polar surface area (TPSA) is 0 Å². The number of hydrogen-bond acceptors (Lipinski definition) is 0. The zero-order chi connectivity index (χ0) is 2.71. The van der Waals surface area contributed by atoms with Gasteiger partial charge >= 0.3 is 0 Å². The highest BCUT2D eigenvalue weighted by molar-refractivity contribution is 7.22. The fraction of sp³-hybridized carbons (Fsp3) is 1.00. The van der Waals surface area contributed by atoms with Crippen LogP contribution >= 0.6 is 22.2 Å². The van der Waals surface area contributed by atoms with E-state index in [0.29, 0.717) is 0 Å². The van der Waals surface area contributed by atoms with Crippen molar-refractivity contribution in [3.8, 4) is 0 Å². The average molecular weight is 131 g/mol. The molecule has 0 heterocycles. The summed E-state index contributed by atoms with van der Waals surface area (Å²) < 4.78 is 0. The summed E-state index contributed by atoms with van der Waals surface area (Å²) in [6.45, 7) is 0. The van der Waals surface area contributed by atoms with Gasteiger partial charge in [0.05, 0.1) is 0 Å². The highest BCUT2D eigenvalue weighted by Gasteiger charge is 1.51. The van der Waals surface area contributed by atoms with Gasteiger partial charge in [-0.2, -0.15) is 0 Å². The summed E-state index contributed by atoms with van der Waals surface area (Å²) in [5.41, 5.74) is 0. The van der Waals surface area contributed by atoms with Crippen LogP contribution in [0.4, 0.5) is 0 Å². The Hall–Kier alpha value is 0.797. The summed E-state index contributed by atoms with van der Waals surface area (Å²) in [6, 6.07) is 0. The van der Waals surface area contributed by atoms with Crippen LogP contribution in [0.1, 0.15) is 14.9 Å². The summed E-state index contributed by atoms with van der Waals surface area (Å²) in [6.07, 6.45) is 0. The molecule has 0 aliphatic heterocycles. The Kier molecular flexibility index (Phi) is 73.0. The van der Waals surface area contributed by atoms with E-state index in [4.69, 9.17) is 22.2 Å². The highest BCUT2D eigenvalue weighted by Crippen LogP contribution is 1.67. The van der Waals surface area contributed by atoms with Crippen LogP contribution in [-0.4, -0.2) is 8.14 Å². The van der Waals surface area contributed by atoms with E-state index in [1.807, 2.05) is 0 Å². The van der Waals surface area contributed by atoms with E-state index in [1.54, 1.807) is 0 Å². The molecule has 0 unspecified atom stereocenters. The fourth-order valence-electron chi connectivity index (χ4n) is 0. The van der Waals surface area contributed by atoms with E-state index in [-0.39, 0.29) is 23.0 Å². The van der Waals surface area contributed by atoms with Gasteiger partial charge in [0.2, 0.25) is 0 Å². The first kappa shape index (κ1) is 17.1. The van der Waals surface area contributed by atoms with Crippen LogP contribution in [0, 0.1) is 0 Å². The number of rotatable bonds is 0. The van der Waals surface area contributed by atoms with Crippen molar-refractivity contribution in [3.05, 3.63) is 0 Å². The second-order valence-electron chi connectivity index (χ2n) is 0.0714. The van der Waals surface area contributed by atoms with Crippen LogP contribution in [0.2, 0.25) is 0 Å². The van der Waals surface area contributed by atoms with Crippen molar-refractivity contribution in [2.45, 2.75) is 14.9 Å². The SMILES string of the molecule is C.C.Cl[Si]Cl. The Bertz CT molecular complexity index is 7.61. The Balaban J connectivity index is -0.0000000200. The lowest BCUT2D eigenvalue weighted by Gasteiger charge is -1.36. The van der Waals surface area contributed by atoms with Crippen LogP contribution in [0.3, 0.4) is 0 Å². The minimum Gasteiger partial charge on any atom is -0.148 e. The number of hydrogen-bond donors (Lipinski definition) is 0. The second kappa shape index (κ2) is 21.4. The molecule has 0 saturated heterocycles. The molecule has 0 aromatic rings. The molecule has 5 heavy (non-hydrogen) atoms. The van der Waals surface area contributed by atoms with Gasteiger partial charge < -0.3 is 0 Å². The van der Waals surface area contributed by atoms with E-state index >= 15 is 0 Å². The quantitative estimate of drug-likeness (QED) is 0.349. The van der Waals surface area contributed by atoms with Crippen molar-refractivity contribution >= 4 is 30.3 Å². The van der Waals surface area contributed by atoms with Crippen molar-refractivity contribution in [2.75, 3.05) is 0 Å². The molecule has 0 aromatic carbocycles. The van der Waals surface area contributed by atoms with Gasteiger partial charge in [0.15, 0.2) is 0 Å². The van der Waals surface area contributed by atoms with Gasteiger partial charge in [0.25, 0.3) is 8.14 Å². The highest BCUT2D eigenvalue weighted by atomic mass is 35.7. The second-order valence-corrected chi connectivity index (χ2v) is 1.93. The molecule has 0 rings (SSSR count). The summed E-state index contributed by atoms with van der Waals surface area (Å²) in [5.74, 6) is 0. The maximum atomic E-state index is 4.79. The molecular formula is C2H8Cl2Si. The predicted octanol–water partition coefficient (Wildman–Crippen LogP) is 2.27. The van der Waals surface area contributed by atoms with Crippen molar-refractivity contribution in [1.82, 2.24) is 0 Å². The van der Waals surface area contributed by atoms with Crippen LogP contribution < -0.4 is 0 Å². The van der Waals surface area contributed by atoms with E-state index in [9.17, 15) is 0 Å². The van der Waals surface area contributed by atoms with E-state index in [2.05, 4.69) is 0 Å². The first-order valence-corrected chi connectivity index (χ1v) is 3.40. The number of halogens is 2. The largest absolute Gasteiger partial charge is 0.295 e. The van der Waals surface area contributed by atoms with Crippen LogP contribution in [-0.2, 0) is 0 Å². The van der Waals surface area contributed by atoms with Gasteiger partial charge in [-0.15, -0.1) is 22.2 Å². The van der Waals surface area contributed by atoms with Crippen molar-refractivity contribution in [1.29, 1.82) is 0 Å². The van der Waals surface area contributed by atoms with Crippen LogP contribution in [0.5, 0.6) is 0 Å². The van der Waals surface area contributed by atoms with Gasteiger partial charge in [0.1, 0.15) is 0 Å². The molecule has 2 radical (unpaired) electrons. The molecule has 0 aliphatic carbocycles. The molecule has 0 spiro atoms. The standard InChI is InChI=1S/2CH4.Cl2Si/c;;1-3-2/h2*1H4;. The van der Waals surface area contributed by atoms with Crippen molar-refractivity contribution in [2.24, 2.45) is 0 Å². The third-order valence-electron chi connectivity index (χ3n) is 0. The molecule has 0 fully saturated rings. The normalized spacial score (nSPS) is 3.60. The molecule has 0 N–H and O–H groups in total. The van der Waals surface area contributed by atoms with Crippen molar-refractivity contribution in [3.63, 3.8) is 0 Å². The Labute approximate surface area is 45.7 Å². The third kappa shape index (κ3) is 59.1. The molecule has 0 amide bonds. The van der Waals surface area contributed by atoms with Gasteiger partial charge in [-0.1, -0.05) is 14.9 Å². The Morgan fingerprint density at radius 1 is 1.00 bits per heavy atom. The predicted molar refractivity (Wildman–Crippen MR) is 30.9 cm³/mol. The summed E-state index contributed by atoms with van der Waals surface area (Å²) in [4.78, 5) is 0. The molecule has 0 bridgehead atoms. The zero-order valence-corrected chi connectivity index (χ0v) is 3.77. The Morgan fingerprint density at radius 3 is 1.00 bits per heavy atom. The van der Waals surface area contributed by atoms with Crippen LogP contribution in [0.25, 0.3) is 0 Å². The summed E-state index contributed by atoms with van der Waals surface area (Å²) in [5, 5.41) is 0. The van der Waals surface area contributed by atoms with Gasteiger partial charge in [-0.3, -0.25) is 0 Å². The molecule has 0 aliphatic rings. The monoisotopic (exact) mass is 130 g/mol. The van der Waals surface area contributed by atoms with E-state index in [0.717, 1.165) is 0 Å². The minimum absolute atomic E-state index is 0.